The summed E-state index contributed by atoms with van der Waals surface area (Å²) in [6.45, 7) is -0.551. The van der Waals surface area contributed by atoms with E-state index < -0.39 is 24.0 Å². The summed E-state index contributed by atoms with van der Waals surface area (Å²) in [4.78, 5) is 25.4. The minimum atomic E-state index is -1.03. The number of aliphatic hydroxyl groups excluding tert-OH is 1. The van der Waals surface area contributed by atoms with Crippen molar-refractivity contribution in [2.45, 2.75) is 6.04 Å². The predicted octanol–water partition coefficient (Wildman–Crippen LogP) is 1.65. The maximum absolute atomic E-state index is 13.9. The molecule has 0 bridgehead atoms. The van der Waals surface area contributed by atoms with E-state index in [1.165, 1.54) is 12.3 Å². The first-order valence-electron chi connectivity index (χ1n) is 8.67. The van der Waals surface area contributed by atoms with Crippen molar-refractivity contribution in [3.8, 4) is 5.82 Å². The highest BCUT2D eigenvalue weighted by molar-refractivity contribution is 6.35. The van der Waals surface area contributed by atoms with Gasteiger partial charge in [0.15, 0.2) is 5.82 Å². The number of H-pyrrole nitrogens is 1. The smallest absolute Gasteiger partial charge is 0.267 e. The minimum Gasteiger partial charge on any atom is -0.394 e. The van der Waals surface area contributed by atoms with Crippen LogP contribution in [-0.4, -0.2) is 41.4 Å². The zero-order valence-electron chi connectivity index (χ0n) is 15.5. The largest absolute Gasteiger partial charge is 0.394 e. The first kappa shape index (κ1) is 20.8. The van der Waals surface area contributed by atoms with E-state index in [1.807, 2.05) is 0 Å². The lowest BCUT2D eigenvalue weighted by Crippen LogP contribution is -2.30. The number of rotatable bonds is 5. The molecule has 3 aromatic heterocycles. The number of nitrogen functional groups attached to an aromatic ring is 2. The quantitative estimate of drug-likeness (QED) is 0.293. The SMILES string of the molecule is Nc1nc(N)c(Cl)c(N[C@@H](CO)c2nc3c(Cl)cc(F)cc3c(=O)n2-c2ccn[nH]2)n1. The second-order valence-corrected chi connectivity index (χ2v) is 7.13. The molecule has 0 aliphatic heterocycles. The van der Waals surface area contributed by atoms with Gasteiger partial charge in [-0.1, -0.05) is 23.2 Å². The average molecular weight is 466 g/mol. The van der Waals surface area contributed by atoms with Crippen LogP contribution in [0.15, 0.2) is 29.2 Å². The number of aliphatic hydroxyl groups is 1. The van der Waals surface area contributed by atoms with Gasteiger partial charge in [-0.05, 0) is 12.1 Å². The summed E-state index contributed by atoms with van der Waals surface area (Å²) in [5.74, 6) is -0.675. The van der Waals surface area contributed by atoms with Crippen molar-refractivity contribution in [3.05, 3.63) is 56.4 Å². The molecule has 0 aliphatic carbocycles. The van der Waals surface area contributed by atoms with E-state index in [9.17, 15) is 14.3 Å². The Kier molecular flexibility index (Phi) is 5.35. The number of nitrogens with one attached hydrogen (secondary N) is 2. The molecule has 3 heterocycles. The van der Waals surface area contributed by atoms with Crippen LogP contribution in [0.3, 0.4) is 0 Å². The van der Waals surface area contributed by atoms with Gasteiger partial charge in [-0.3, -0.25) is 9.89 Å². The Morgan fingerprint density at radius 3 is 2.71 bits per heavy atom. The molecular weight excluding hydrogens is 452 g/mol. The highest BCUT2D eigenvalue weighted by Crippen LogP contribution is 2.30. The zero-order chi connectivity index (χ0) is 22.3. The number of nitrogens with two attached hydrogens (primary N) is 2. The number of nitrogens with zero attached hydrogens (tertiary/aromatic N) is 5. The van der Waals surface area contributed by atoms with Gasteiger partial charge in [-0.15, -0.1) is 0 Å². The fourth-order valence-corrected chi connectivity index (χ4v) is 3.39. The molecule has 0 saturated carbocycles. The second-order valence-electron chi connectivity index (χ2n) is 6.35. The zero-order valence-corrected chi connectivity index (χ0v) is 17.0. The summed E-state index contributed by atoms with van der Waals surface area (Å²) in [6, 6.07) is 2.52. The summed E-state index contributed by atoms with van der Waals surface area (Å²) in [5.41, 5.74) is 10.7. The number of benzene rings is 1. The molecule has 0 unspecified atom stereocenters. The van der Waals surface area contributed by atoms with Crippen molar-refractivity contribution in [1.82, 2.24) is 29.7 Å². The van der Waals surface area contributed by atoms with Crippen molar-refractivity contribution < 1.29 is 9.50 Å². The van der Waals surface area contributed by atoms with Crippen LogP contribution >= 0.6 is 23.2 Å². The minimum absolute atomic E-state index is 0.0152. The molecule has 0 spiro atoms. The summed E-state index contributed by atoms with van der Waals surface area (Å²) in [7, 11) is 0. The summed E-state index contributed by atoms with van der Waals surface area (Å²) >= 11 is 12.3. The highest BCUT2D eigenvalue weighted by Gasteiger charge is 2.24. The lowest BCUT2D eigenvalue weighted by atomic mass is 10.2. The standard InChI is InChI=1S/C17H14Cl2FN9O2/c18-8-4-6(20)3-7-12(8)25-15(29(16(7)31)10-1-2-23-28-10)9(5-30)24-14-11(19)13(21)26-17(22)27-14/h1-4,9,30H,5H2,(H,23,28)(H5,21,22,24,26,27)/t9-/m0/s1. The highest BCUT2D eigenvalue weighted by atomic mass is 35.5. The number of hydrogen-bond donors (Lipinski definition) is 5. The molecule has 31 heavy (non-hydrogen) atoms. The van der Waals surface area contributed by atoms with Crippen LogP contribution in [0.1, 0.15) is 11.9 Å². The predicted molar refractivity (Wildman–Crippen MR) is 114 cm³/mol. The Bertz CT molecular complexity index is 1340. The molecule has 11 nitrogen and oxygen atoms in total. The van der Waals surface area contributed by atoms with Gasteiger partial charge < -0.3 is 21.9 Å². The Labute approximate surface area is 182 Å². The molecule has 0 saturated heterocycles. The Hall–Kier alpha value is -3.48. The van der Waals surface area contributed by atoms with Crippen LogP contribution in [0.5, 0.6) is 0 Å². The number of aromatic nitrogens is 6. The molecule has 1 atom stereocenters. The fraction of sp³-hybridized carbons (Fsp3) is 0.118. The van der Waals surface area contributed by atoms with E-state index in [4.69, 9.17) is 34.7 Å². The third-order valence-electron chi connectivity index (χ3n) is 4.34. The number of halogens is 3. The molecule has 1 aromatic carbocycles. The van der Waals surface area contributed by atoms with Gasteiger partial charge in [0.1, 0.15) is 34.3 Å². The second kappa shape index (κ2) is 7.98. The average Bonchev–Trinajstić information content (AvgIpc) is 3.24. The molecule has 4 aromatic rings. The summed E-state index contributed by atoms with van der Waals surface area (Å²) in [5, 5.41) is 19.2. The number of hydrogen-bond acceptors (Lipinski definition) is 9. The van der Waals surface area contributed by atoms with Gasteiger partial charge in [-0.25, -0.2) is 13.9 Å². The van der Waals surface area contributed by atoms with Crippen molar-refractivity contribution in [2.24, 2.45) is 0 Å². The molecule has 0 fully saturated rings. The maximum Gasteiger partial charge on any atom is 0.267 e. The van der Waals surface area contributed by atoms with Gasteiger partial charge in [0.05, 0.1) is 28.7 Å². The van der Waals surface area contributed by atoms with Crippen molar-refractivity contribution in [1.29, 1.82) is 0 Å². The first-order chi connectivity index (χ1) is 14.8. The van der Waals surface area contributed by atoms with Gasteiger partial charge in [-0.2, -0.15) is 15.1 Å². The molecule has 0 radical (unpaired) electrons. The number of aromatic amines is 1. The molecule has 0 aliphatic rings. The monoisotopic (exact) mass is 465 g/mol. The van der Waals surface area contributed by atoms with Crippen molar-refractivity contribution in [3.63, 3.8) is 0 Å². The van der Waals surface area contributed by atoms with Gasteiger partial charge >= 0.3 is 0 Å². The summed E-state index contributed by atoms with van der Waals surface area (Å²) in [6.07, 6.45) is 1.42. The van der Waals surface area contributed by atoms with Crippen LogP contribution in [-0.2, 0) is 0 Å². The van der Waals surface area contributed by atoms with Crippen LogP contribution in [0.4, 0.5) is 22.0 Å². The molecule has 0 amide bonds. The van der Waals surface area contributed by atoms with Crippen LogP contribution in [0.2, 0.25) is 10.0 Å². The third kappa shape index (κ3) is 3.71. The van der Waals surface area contributed by atoms with E-state index in [2.05, 4.69) is 30.5 Å². The maximum atomic E-state index is 13.9. The van der Waals surface area contributed by atoms with E-state index in [0.717, 1.165) is 16.7 Å². The van der Waals surface area contributed by atoms with E-state index in [0.29, 0.717) is 0 Å². The summed E-state index contributed by atoms with van der Waals surface area (Å²) < 4.78 is 15.0. The lowest BCUT2D eigenvalue weighted by Gasteiger charge is -2.21. The molecule has 14 heteroatoms. The van der Waals surface area contributed by atoms with Gasteiger partial charge in [0.2, 0.25) is 5.95 Å². The molecule has 4 rings (SSSR count). The first-order valence-corrected chi connectivity index (χ1v) is 9.43. The van der Waals surface area contributed by atoms with Gasteiger partial charge in [0, 0.05) is 6.07 Å². The third-order valence-corrected chi connectivity index (χ3v) is 5.00. The normalized spacial score (nSPS) is 12.3. The molecule has 7 N–H and O–H groups in total. The van der Waals surface area contributed by atoms with Crippen molar-refractivity contribution >= 4 is 51.7 Å². The van der Waals surface area contributed by atoms with Crippen LogP contribution in [0, 0.1) is 5.82 Å². The van der Waals surface area contributed by atoms with Gasteiger partial charge in [0.25, 0.3) is 5.56 Å². The lowest BCUT2D eigenvalue weighted by molar-refractivity contribution is 0.270. The number of fused-ring (bicyclic) bond motifs is 1. The number of anilines is 3. The topological polar surface area (TPSA) is 174 Å². The van der Waals surface area contributed by atoms with Crippen LogP contribution < -0.4 is 22.3 Å². The Balaban J connectivity index is 1.97. The molecular formula is C17H14Cl2FN9O2. The van der Waals surface area contributed by atoms with Crippen molar-refractivity contribution in [2.75, 3.05) is 23.4 Å². The van der Waals surface area contributed by atoms with E-state index in [1.54, 1.807) is 0 Å². The van der Waals surface area contributed by atoms with E-state index in [-0.39, 0.29) is 50.2 Å². The Morgan fingerprint density at radius 1 is 1.26 bits per heavy atom. The van der Waals surface area contributed by atoms with E-state index >= 15 is 0 Å². The van der Waals surface area contributed by atoms with Crippen LogP contribution in [0.25, 0.3) is 16.7 Å². The fourth-order valence-electron chi connectivity index (χ4n) is 3.01. The molecule has 160 valence electrons. The Morgan fingerprint density at radius 2 is 2.03 bits per heavy atom.